The molecular weight excluding hydrogens is 358 g/mol. The lowest BCUT2D eigenvalue weighted by Gasteiger charge is -2.10. The number of aliphatic hydroxyl groups is 1. The van der Waals surface area contributed by atoms with Crippen LogP contribution < -0.4 is 15.8 Å². The highest BCUT2D eigenvalue weighted by molar-refractivity contribution is 5.83. The van der Waals surface area contributed by atoms with E-state index in [1.807, 2.05) is 16.9 Å². The first-order chi connectivity index (χ1) is 13.7. The summed E-state index contributed by atoms with van der Waals surface area (Å²) in [5.41, 5.74) is 7.76. The highest BCUT2D eigenvalue weighted by Gasteiger charge is 2.14. The molecule has 0 radical (unpaired) electrons. The normalized spacial score (nSPS) is 11.1. The smallest absolute Gasteiger partial charge is 0.233 e. The Hall–Kier alpha value is -3.59. The van der Waals surface area contributed by atoms with E-state index in [1.54, 1.807) is 41.2 Å². The molecule has 0 saturated heterocycles. The van der Waals surface area contributed by atoms with Crippen LogP contribution in [0.15, 0.2) is 48.9 Å². The number of benzene rings is 1. The van der Waals surface area contributed by atoms with Gasteiger partial charge in [-0.05, 0) is 24.6 Å². The third kappa shape index (κ3) is 3.60. The number of aryl methyl sites for hydroxylation is 1. The van der Waals surface area contributed by atoms with Crippen molar-refractivity contribution in [2.75, 3.05) is 11.1 Å². The first kappa shape index (κ1) is 17.8. The van der Waals surface area contributed by atoms with Crippen molar-refractivity contribution in [1.82, 2.24) is 24.3 Å². The van der Waals surface area contributed by atoms with Crippen LogP contribution in [0.2, 0.25) is 0 Å². The second kappa shape index (κ2) is 7.57. The molecule has 0 aliphatic rings. The second-order valence-corrected chi connectivity index (χ2v) is 6.31. The summed E-state index contributed by atoms with van der Waals surface area (Å²) < 4.78 is 9.42. The summed E-state index contributed by atoms with van der Waals surface area (Å²) in [6.07, 6.45) is 6.33. The lowest BCUT2D eigenvalue weighted by Crippen LogP contribution is -2.03. The molecule has 4 aromatic rings. The molecule has 3 heterocycles. The summed E-state index contributed by atoms with van der Waals surface area (Å²) in [5, 5.41) is 17.7. The summed E-state index contributed by atoms with van der Waals surface area (Å²) in [7, 11) is 0. The molecule has 0 spiro atoms. The van der Waals surface area contributed by atoms with Crippen LogP contribution in [0, 0.1) is 0 Å². The van der Waals surface area contributed by atoms with E-state index in [4.69, 9.17) is 10.5 Å². The molecule has 0 fully saturated rings. The van der Waals surface area contributed by atoms with E-state index in [9.17, 15) is 5.11 Å². The monoisotopic (exact) mass is 379 g/mol. The van der Waals surface area contributed by atoms with Crippen molar-refractivity contribution in [3.63, 3.8) is 0 Å². The summed E-state index contributed by atoms with van der Waals surface area (Å²) in [6, 6.07) is 8.92. The zero-order chi connectivity index (χ0) is 19.5. The molecule has 4 rings (SSSR count). The van der Waals surface area contributed by atoms with Crippen LogP contribution in [-0.4, -0.2) is 29.4 Å². The lowest BCUT2D eigenvalue weighted by molar-refractivity contribution is 0.215. The van der Waals surface area contributed by atoms with Gasteiger partial charge in [0.15, 0.2) is 5.65 Å². The van der Waals surface area contributed by atoms with Crippen molar-refractivity contribution in [2.45, 2.75) is 26.6 Å². The number of hydrogen-bond acceptors (Lipinski definition) is 7. The van der Waals surface area contributed by atoms with Gasteiger partial charge in [-0.2, -0.15) is 15.1 Å². The Morgan fingerprint density at radius 3 is 2.93 bits per heavy atom. The van der Waals surface area contributed by atoms with Crippen LogP contribution >= 0.6 is 0 Å². The minimum absolute atomic E-state index is 0.202. The average molecular weight is 379 g/mol. The molecule has 9 heteroatoms. The molecule has 28 heavy (non-hydrogen) atoms. The second-order valence-electron chi connectivity index (χ2n) is 6.31. The van der Waals surface area contributed by atoms with E-state index in [0.717, 1.165) is 18.7 Å². The van der Waals surface area contributed by atoms with Crippen molar-refractivity contribution >= 4 is 28.4 Å². The van der Waals surface area contributed by atoms with E-state index in [1.165, 1.54) is 0 Å². The number of aliphatic hydroxyl groups excluding tert-OH is 1. The molecule has 3 aromatic heterocycles. The van der Waals surface area contributed by atoms with Gasteiger partial charge in [0.2, 0.25) is 11.8 Å². The molecule has 0 aliphatic carbocycles. The van der Waals surface area contributed by atoms with E-state index in [-0.39, 0.29) is 6.73 Å². The predicted octanol–water partition coefficient (Wildman–Crippen LogP) is 3.11. The number of anilines is 3. The van der Waals surface area contributed by atoms with Gasteiger partial charge < -0.3 is 25.5 Å². The van der Waals surface area contributed by atoms with Gasteiger partial charge in [0.25, 0.3) is 0 Å². The van der Waals surface area contributed by atoms with Gasteiger partial charge in [0.05, 0.1) is 17.3 Å². The molecule has 0 atom stereocenters. The maximum atomic E-state index is 9.60. The molecular formula is C19H21N7O2. The Morgan fingerprint density at radius 1 is 1.25 bits per heavy atom. The Balaban J connectivity index is 1.71. The number of nitrogens with zero attached hydrogens (tertiary/aromatic N) is 5. The first-order valence-electron chi connectivity index (χ1n) is 8.97. The largest absolute Gasteiger partial charge is 0.438 e. The Kier molecular flexibility index (Phi) is 4.81. The summed E-state index contributed by atoms with van der Waals surface area (Å²) in [6.45, 7) is 2.72. The van der Waals surface area contributed by atoms with Crippen molar-refractivity contribution in [3.8, 4) is 11.6 Å². The van der Waals surface area contributed by atoms with Crippen molar-refractivity contribution in [1.29, 1.82) is 0 Å². The van der Waals surface area contributed by atoms with Crippen LogP contribution in [-0.2, 0) is 13.3 Å². The molecule has 0 amide bonds. The van der Waals surface area contributed by atoms with Gasteiger partial charge in [-0.15, -0.1) is 0 Å². The fourth-order valence-corrected chi connectivity index (χ4v) is 2.88. The molecule has 0 saturated carbocycles. The fraction of sp³-hybridized carbons (Fsp3) is 0.211. The van der Waals surface area contributed by atoms with Gasteiger partial charge in [-0.3, -0.25) is 4.68 Å². The number of nitrogen functional groups attached to an aromatic ring is 1. The Labute approximate surface area is 161 Å². The number of rotatable bonds is 7. The quantitative estimate of drug-likeness (QED) is 0.422. The molecule has 144 valence electrons. The SMILES string of the molecule is CCCn1cc(Nc2nc(Oc3cccc(N)c3)c3ccn(CO)c3n2)cn1. The van der Waals surface area contributed by atoms with Gasteiger partial charge in [-0.25, -0.2) is 0 Å². The number of ether oxygens (including phenoxy) is 1. The molecule has 1 aromatic carbocycles. The zero-order valence-electron chi connectivity index (χ0n) is 15.4. The molecule has 4 N–H and O–H groups in total. The van der Waals surface area contributed by atoms with E-state index in [0.29, 0.717) is 34.3 Å². The predicted molar refractivity (Wildman–Crippen MR) is 106 cm³/mol. The lowest BCUT2D eigenvalue weighted by atomic mass is 10.3. The number of aromatic nitrogens is 5. The molecule has 9 nitrogen and oxygen atoms in total. The third-order valence-electron chi connectivity index (χ3n) is 4.15. The van der Waals surface area contributed by atoms with E-state index in [2.05, 4.69) is 27.3 Å². The minimum Gasteiger partial charge on any atom is -0.438 e. The number of nitrogens with one attached hydrogen (secondary N) is 1. The standard InChI is InChI=1S/C19H21N7O2/c1-2-7-26-11-14(10-21-26)22-19-23-17-16(6-8-25(17)12-27)18(24-19)28-15-5-3-4-13(20)9-15/h3-6,8-11,27H,2,7,12,20H2,1H3,(H,22,23,24). The van der Waals surface area contributed by atoms with Gasteiger partial charge in [-0.1, -0.05) is 13.0 Å². The average Bonchev–Trinajstić information content (AvgIpc) is 3.29. The fourth-order valence-electron chi connectivity index (χ4n) is 2.88. The van der Waals surface area contributed by atoms with Crippen molar-refractivity contribution in [3.05, 3.63) is 48.9 Å². The van der Waals surface area contributed by atoms with Crippen LogP contribution in [0.4, 0.5) is 17.3 Å². The number of nitrogens with two attached hydrogens (primary N) is 1. The molecule has 0 bridgehead atoms. The number of hydrogen-bond donors (Lipinski definition) is 3. The Morgan fingerprint density at radius 2 is 2.14 bits per heavy atom. The maximum Gasteiger partial charge on any atom is 0.233 e. The molecule has 0 unspecified atom stereocenters. The third-order valence-corrected chi connectivity index (χ3v) is 4.15. The first-order valence-corrected chi connectivity index (χ1v) is 8.97. The van der Waals surface area contributed by atoms with Gasteiger partial charge in [0, 0.05) is 30.7 Å². The van der Waals surface area contributed by atoms with Gasteiger partial charge in [0.1, 0.15) is 12.5 Å². The highest BCUT2D eigenvalue weighted by Crippen LogP contribution is 2.30. The number of fused-ring (bicyclic) bond motifs is 1. The van der Waals surface area contributed by atoms with Crippen molar-refractivity contribution < 1.29 is 9.84 Å². The summed E-state index contributed by atoms with van der Waals surface area (Å²) >= 11 is 0. The summed E-state index contributed by atoms with van der Waals surface area (Å²) in [4.78, 5) is 9.02. The Bertz CT molecular complexity index is 1100. The van der Waals surface area contributed by atoms with E-state index >= 15 is 0 Å². The maximum absolute atomic E-state index is 9.60. The van der Waals surface area contributed by atoms with Crippen LogP contribution in [0.1, 0.15) is 13.3 Å². The van der Waals surface area contributed by atoms with Crippen LogP contribution in [0.5, 0.6) is 11.6 Å². The topological polar surface area (TPSA) is 116 Å². The van der Waals surface area contributed by atoms with Crippen LogP contribution in [0.25, 0.3) is 11.0 Å². The van der Waals surface area contributed by atoms with Crippen molar-refractivity contribution in [2.24, 2.45) is 0 Å². The highest BCUT2D eigenvalue weighted by atomic mass is 16.5. The molecule has 0 aliphatic heterocycles. The minimum atomic E-state index is -0.202. The summed E-state index contributed by atoms with van der Waals surface area (Å²) in [5.74, 6) is 1.28. The zero-order valence-corrected chi connectivity index (χ0v) is 15.4. The van der Waals surface area contributed by atoms with E-state index < -0.39 is 0 Å². The van der Waals surface area contributed by atoms with Gasteiger partial charge >= 0.3 is 0 Å². The van der Waals surface area contributed by atoms with Crippen LogP contribution in [0.3, 0.4) is 0 Å².